The highest BCUT2D eigenvalue weighted by Crippen LogP contribution is 2.60. The predicted octanol–water partition coefficient (Wildman–Crippen LogP) is 4.83. The maximum absolute atomic E-state index is 14.2. The van der Waals surface area contributed by atoms with E-state index in [2.05, 4.69) is 26.1 Å². The Morgan fingerprint density at radius 3 is 2.52 bits per heavy atom. The molecule has 2 aliphatic rings. The largest absolute Gasteiger partial charge is 0.312 e. The fourth-order valence-corrected chi connectivity index (χ4v) is 4.04. The summed E-state index contributed by atoms with van der Waals surface area (Å²) in [5.41, 5.74) is 1.14. The smallest absolute Gasteiger partial charge is 0.127 e. The van der Waals surface area contributed by atoms with Crippen molar-refractivity contribution in [2.75, 3.05) is 6.54 Å². The molecular formula is C18H25ClFN. The van der Waals surface area contributed by atoms with Crippen molar-refractivity contribution < 1.29 is 4.39 Å². The summed E-state index contributed by atoms with van der Waals surface area (Å²) in [6, 6.07) is 5.11. The number of nitrogens with one attached hydrogen (secondary N) is 1. The van der Waals surface area contributed by atoms with Crippen LogP contribution in [0, 0.1) is 23.1 Å². The van der Waals surface area contributed by atoms with Crippen molar-refractivity contribution in [3.63, 3.8) is 0 Å². The highest BCUT2D eigenvalue weighted by Gasteiger charge is 2.53. The minimum atomic E-state index is -0.154. The summed E-state index contributed by atoms with van der Waals surface area (Å²) >= 11 is 5.87. The maximum atomic E-state index is 14.2. The van der Waals surface area contributed by atoms with Gasteiger partial charge in [0.15, 0.2) is 0 Å². The van der Waals surface area contributed by atoms with E-state index in [1.807, 2.05) is 6.07 Å². The molecule has 21 heavy (non-hydrogen) atoms. The number of rotatable bonds is 4. The monoisotopic (exact) mass is 309 g/mol. The lowest BCUT2D eigenvalue weighted by Gasteiger charge is -2.35. The molecule has 2 atom stereocenters. The summed E-state index contributed by atoms with van der Waals surface area (Å²) in [4.78, 5) is 0. The average molecular weight is 310 g/mol. The SMILES string of the molecule is CC(C)(C)NCC1(Cc2ccc(Cl)cc2F)CC2CC2C1. The van der Waals surface area contributed by atoms with E-state index >= 15 is 0 Å². The molecule has 2 fully saturated rings. The van der Waals surface area contributed by atoms with Crippen LogP contribution in [-0.2, 0) is 6.42 Å². The normalized spacial score (nSPS) is 31.3. The third kappa shape index (κ3) is 3.60. The molecule has 2 unspecified atom stereocenters. The Hall–Kier alpha value is -0.600. The van der Waals surface area contributed by atoms with E-state index in [9.17, 15) is 4.39 Å². The Balaban J connectivity index is 1.76. The molecule has 2 saturated carbocycles. The minimum absolute atomic E-state index is 0.109. The van der Waals surface area contributed by atoms with Gasteiger partial charge in [-0.15, -0.1) is 0 Å². The second-order valence-corrected chi connectivity index (χ2v) is 8.62. The fraction of sp³-hybridized carbons (Fsp3) is 0.667. The van der Waals surface area contributed by atoms with Gasteiger partial charge in [0, 0.05) is 17.1 Å². The molecule has 3 heteroatoms. The third-order valence-corrected chi connectivity index (χ3v) is 5.27. The lowest BCUT2D eigenvalue weighted by molar-refractivity contribution is 0.220. The van der Waals surface area contributed by atoms with Gasteiger partial charge in [0.1, 0.15) is 5.82 Å². The van der Waals surface area contributed by atoms with Crippen LogP contribution < -0.4 is 5.32 Å². The van der Waals surface area contributed by atoms with E-state index in [0.29, 0.717) is 5.02 Å². The van der Waals surface area contributed by atoms with E-state index in [1.54, 1.807) is 6.07 Å². The number of hydrogen-bond donors (Lipinski definition) is 1. The molecule has 0 aliphatic heterocycles. The van der Waals surface area contributed by atoms with Crippen LogP contribution >= 0.6 is 11.6 Å². The molecule has 116 valence electrons. The molecule has 2 aliphatic carbocycles. The Kier molecular flexibility index (Phi) is 3.82. The van der Waals surface area contributed by atoms with Gasteiger partial charge in [-0.1, -0.05) is 17.7 Å². The summed E-state index contributed by atoms with van der Waals surface area (Å²) in [7, 11) is 0. The van der Waals surface area contributed by atoms with E-state index in [1.165, 1.54) is 25.3 Å². The molecule has 1 aromatic rings. The quantitative estimate of drug-likeness (QED) is 0.840. The van der Waals surface area contributed by atoms with Gasteiger partial charge >= 0.3 is 0 Å². The van der Waals surface area contributed by atoms with Gasteiger partial charge in [-0.05, 0) is 81.4 Å². The minimum Gasteiger partial charge on any atom is -0.312 e. The lowest BCUT2D eigenvalue weighted by atomic mass is 9.76. The van der Waals surface area contributed by atoms with Crippen molar-refractivity contribution in [2.45, 2.75) is 52.0 Å². The van der Waals surface area contributed by atoms with Crippen LogP contribution in [0.3, 0.4) is 0 Å². The molecule has 0 radical (unpaired) electrons. The summed E-state index contributed by atoms with van der Waals surface area (Å²) < 4.78 is 14.2. The van der Waals surface area contributed by atoms with Crippen LogP contribution in [-0.4, -0.2) is 12.1 Å². The topological polar surface area (TPSA) is 12.0 Å². The Bertz CT molecular complexity index is 525. The molecule has 0 spiro atoms. The van der Waals surface area contributed by atoms with Crippen LogP contribution in [0.1, 0.15) is 45.6 Å². The van der Waals surface area contributed by atoms with E-state index < -0.39 is 0 Å². The number of fused-ring (bicyclic) bond motifs is 1. The fourth-order valence-electron chi connectivity index (χ4n) is 3.88. The summed E-state index contributed by atoms with van der Waals surface area (Å²) in [6.07, 6.45) is 4.69. The summed E-state index contributed by atoms with van der Waals surface area (Å²) in [5.74, 6) is 1.63. The van der Waals surface area contributed by atoms with Crippen LogP contribution in [0.15, 0.2) is 18.2 Å². The van der Waals surface area contributed by atoms with Crippen LogP contribution in [0.4, 0.5) is 4.39 Å². The third-order valence-electron chi connectivity index (χ3n) is 5.03. The van der Waals surface area contributed by atoms with Crippen molar-refractivity contribution in [1.82, 2.24) is 5.32 Å². The first-order chi connectivity index (χ1) is 9.76. The van der Waals surface area contributed by atoms with Crippen molar-refractivity contribution in [1.29, 1.82) is 0 Å². The zero-order valence-corrected chi connectivity index (χ0v) is 13.9. The van der Waals surface area contributed by atoms with Gasteiger partial charge in [-0.2, -0.15) is 0 Å². The van der Waals surface area contributed by atoms with Crippen molar-refractivity contribution >= 4 is 11.6 Å². The van der Waals surface area contributed by atoms with Gasteiger partial charge in [0.05, 0.1) is 0 Å². The average Bonchev–Trinajstić information content (AvgIpc) is 2.98. The van der Waals surface area contributed by atoms with Gasteiger partial charge in [0.2, 0.25) is 0 Å². The highest BCUT2D eigenvalue weighted by atomic mass is 35.5. The lowest BCUT2D eigenvalue weighted by Crippen LogP contribution is -2.44. The second kappa shape index (κ2) is 5.24. The van der Waals surface area contributed by atoms with E-state index in [-0.39, 0.29) is 16.8 Å². The molecule has 1 nitrogen and oxygen atoms in total. The summed E-state index contributed by atoms with van der Waals surface area (Å²) in [5, 5.41) is 4.13. The van der Waals surface area contributed by atoms with Crippen LogP contribution in [0.25, 0.3) is 0 Å². The Labute approximate surface area is 132 Å². The Morgan fingerprint density at radius 1 is 1.29 bits per heavy atom. The Morgan fingerprint density at radius 2 is 1.95 bits per heavy atom. The standard InChI is InChI=1S/C18H25ClFN/c1-17(2,3)21-11-18(9-13-6-14(13)10-18)8-12-4-5-15(19)7-16(12)20/h4-5,7,13-14,21H,6,8-11H2,1-3H3. The van der Waals surface area contributed by atoms with E-state index in [4.69, 9.17) is 11.6 Å². The maximum Gasteiger partial charge on any atom is 0.127 e. The first-order valence-electron chi connectivity index (χ1n) is 7.95. The van der Waals surface area contributed by atoms with Gasteiger partial charge in [-0.25, -0.2) is 4.39 Å². The molecule has 0 bridgehead atoms. The van der Waals surface area contributed by atoms with Gasteiger partial charge in [0.25, 0.3) is 0 Å². The van der Waals surface area contributed by atoms with Gasteiger partial charge in [-0.3, -0.25) is 0 Å². The van der Waals surface area contributed by atoms with Crippen LogP contribution in [0.5, 0.6) is 0 Å². The summed E-state index contributed by atoms with van der Waals surface area (Å²) in [6.45, 7) is 7.56. The van der Waals surface area contributed by atoms with Crippen molar-refractivity contribution in [3.8, 4) is 0 Å². The van der Waals surface area contributed by atoms with Crippen molar-refractivity contribution in [2.24, 2.45) is 17.3 Å². The van der Waals surface area contributed by atoms with Crippen LogP contribution in [0.2, 0.25) is 5.02 Å². The number of halogens is 2. The van der Waals surface area contributed by atoms with E-state index in [0.717, 1.165) is 30.4 Å². The zero-order chi connectivity index (χ0) is 15.3. The van der Waals surface area contributed by atoms with Crippen molar-refractivity contribution in [3.05, 3.63) is 34.6 Å². The molecule has 1 N–H and O–H groups in total. The first-order valence-corrected chi connectivity index (χ1v) is 8.33. The molecule has 0 saturated heterocycles. The first kappa shape index (κ1) is 15.3. The number of hydrogen-bond acceptors (Lipinski definition) is 1. The zero-order valence-electron chi connectivity index (χ0n) is 13.2. The van der Waals surface area contributed by atoms with Gasteiger partial charge < -0.3 is 5.32 Å². The molecule has 0 aromatic heterocycles. The second-order valence-electron chi connectivity index (χ2n) is 8.18. The molecule has 0 heterocycles. The molecule has 1 aromatic carbocycles. The molecular weight excluding hydrogens is 285 g/mol. The predicted molar refractivity (Wildman–Crippen MR) is 86.1 cm³/mol. The highest BCUT2D eigenvalue weighted by molar-refractivity contribution is 6.30. The number of benzene rings is 1. The molecule has 0 amide bonds. The molecule has 3 rings (SSSR count).